The van der Waals surface area contributed by atoms with Crippen LogP contribution in [0.2, 0.25) is 0 Å². The van der Waals surface area contributed by atoms with Gasteiger partial charge in [-0.25, -0.2) is 4.79 Å². The maximum Gasteiger partial charge on any atom is 0.417 e. The van der Waals surface area contributed by atoms with E-state index in [1.165, 1.54) is 12.1 Å². The van der Waals surface area contributed by atoms with E-state index in [4.69, 9.17) is 0 Å². The van der Waals surface area contributed by atoms with Gasteiger partial charge >= 0.3 is 12.1 Å². The van der Waals surface area contributed by atoms with E-state index in [2.05, 4.69) is 4.74 Å². The molecule has 2 nitrogen and oxygen atoms in total. The first kappa shape index (κ1) is 16.1. The normalized spacial score (nSPS) is 11.3. The first-order valence-corrected chi connectivity index (χ1v) is 6.75. The molecule has 0 bridgehead atoms. The highest BCUT2D eigenvalue weighted by Gasteiger charge is 2.37. The number of esters is 1. The summed E-state index contributed by atoms with van der Waals surface area (Å²) in [6.45, 7) is 0. The molecule has 116 valence electrons. The Balaban J connectivity index is 2.36. The van der Waals surface area contributed by atoms with Gasteiger partial charge in [-0.3, -0.25) is 0 Å². The maximum atomic E-state index is 13.3. The summed E-state index contributed by atoms with van der Waals surface area (Å²) in [5.74, 6) is -0.978. The van der Waals surface area contributed by atoms with Crippen molar-refractivity contribution in [3.05, 3.63) is 70.8 Å². The fraction of sp³-hybridized carbons (Fsp3) is 0.235. The van der Waals surface area contributed by atoms with Crippen molar-refractivity contribution in [2.45, 2.75) is 19.0 Å². The van der Waals surface area contributed by atoms with Crippen LogP contribution in [0.1, 0.15) is 27.0 Å². The molecular weight excluding hydrogens is 293 g/mol. The highest BCUT2D eigenvalue weighted by atomic mass is 19.4. The Morgan fingerprint density at radius 1 is 1.00 bits per heavy atom. The van der Waals surface area contributed by atoms with Gasteiger partial charge in [0.1, 0.15) is 0 Å². The smallest absolute Gasteiger partial charge is 0.417 e. The fourth-order valence-corrected chi connectivity index (χ4v) is 2.35. The number of hydrogen-bond acceptors (Lipinski definition) is 2. The van der Waals surface area contributed by atoms with Gasteiger partial charge in [-0.05, 0) is 30.0 Å². The van der Waals surface area contributed by atoms with Crippen molar-refractivity contribution < 1.29 is 22.7 Å². The lowest BCUT2D eigenvalue weighted by Gasteiger charge is -2.16. The second kappa shape index (κ2) is 6.64. The number of benzene rings is 2. The lowest BCUT2D eigenvalue weighted by Crippen LogP contribution is -2.17. The number of rotatable bonds is 4. The lowest BCUT2D eigenvalue weighted by atomic mass is 9.95. The zero-order valence-corrected chi connectivity index (χ0v) is 12.0. The van der Waals surface area contributed by atoms with Crippen LogP contribution in [0.15, 0.2) is 48.5 Å². The molecule has 0 fully saturated rings. The van der Waals surface area contributed by atoms with Crippen molar-refractivity contribution >= 4 is 5.97 Å². The lowest BCUT2D eigenvalue weighted by molar-refractivity contribution is -0.138. The van der Waals surface area contributed by atoms with Crippen molar-refractivity contribution in [2.75, 3.05) is 7.11 Å². The molecule has 0 aliphatic heterocycles. The maximum absolute atomic E-state index is 13.3. The molecule has 22 heavy (non-hydrogen) atoms. The molecule has 0 atom stereocenters. The van der Waals surface area contributed by atoms with Crippen LogP contribution in [0.5, 0.6) is 0 Å². The molecular formula is C17H15F3O2. The molecule has 2 aromatic carbocycles. The molecule has 0 radical (unpaired) electrons. The molecule has 0 aromatic heterocycles. The van der Waals surface area contributed by atoms with Crippen LogP contribution >= 0.6 is 0 Å². The average Bonchev–Trinajstić information content (AvgIpc) is 2.51. The van der Waals surface area contributed by atoms with Gasteiger partial charge in [-0.1, -0.05) is 42.5 Å². The van der Waals surface area contributed by atoms with Crippen LogP contribution in [0.4, 0.5) is 13.2 Å². The quantitative estimate of drug-likeness (QED) is 0.788. The third-order valence-corrected chi connectivity index (χ3v) is 3.37. The number of ether oxygens (including phenoxy) is 1. The number of carbonyl (C=O) groups excluding carboxylic acids is 1. The monoisotopic (exact) mass is 308 g/mol. The van der Waals surface area contributed by atoms with E-state index in [9.17, 15) is 18.0 Å². The first-order chi connectivity index (χ1) is 10.4. The molecule has 0 unspecified atom stereocenters. The highest BCUT2D eigenvalue weighted by Crippen LogP contribution is 2.35. The van der Waals surface area contributed by atoms with Crippen LogP contribution in [0, 0.1) is 0 Å². The number of halogens is 3. The molecule has 5 heteroatoms. The number of hydrogen-bond donors (Lipinski definition) is 0. The summed E-state index contributed by atoms with van der Waals surface area (Å²) in [5, 5.41) is 0. The largest absolute Gasteiger partial charge is 0.465 e. The number of methoxy groups -OCH3 is 1. The standard InChI is InChI=1S/C17H15F3O2/c1-22-16(21)14-9-5-8-13(15(14)17(18,19)20)11-10-12-6-3-2-4-7-12/h2-9H,10-11H2,1H3. The summed E-state index contributed by atoms with van der Waals surface area (Å²) in [6, 6.07) is 13.2. The van der Waals surface area contributed by atoms with E-state index in [0.29, 0.717) is 6.42 Å². The highest BCUT2D eigenvalue weighted by molar-refractivity contribution is 5.91. The summed E-state index contributed by atoms with van der Waals surface area (Å²) in [7, 11) is 1.07. The van der Waals surface area contributed by atoms with Crippen molar-refractivity contribution in [1.82, 2.24) is 0 Å². The summed E-state index contributed by atoms with van der Waals surface area (Å²) >= 11 is 0. The van der Waals surface area contributed by atoms with Crippen LogP contribution in [0.25, 0.3) is 0 Å². The van der Waals surface area contributed by atoms with E-state index < -0.39 is 23.3 Å². The molecule has 2 aromatic rings. The first-order valence-electron chi connectivity index (χ1n) is 6.75. The molecule has 0 saturated heterocycles. The SMILES string of the molecule is COC(=O)c1cccc(CCc2ccccc2)c1C(F)(F)F. The third kappa shape index (κ3) is 3.67. The Kier molecular flexibility index (Phi) is 4.85. The number of alkyl halides is 3. The van der Waals surface area contributed by atoms with E-state index in [1.54, 1.807) is 0 Å². The second-order valence-electron chi connectivity index (χ2n) is 4.81. The molecule has 0 aliphatic rings. The summed E-state index contributed by atoms with van der Waals surface area (Å²) < 4.78 is 44.4. The summed E-state index contributed by atoms with van der Waals surface area (Å²) in [4.78, 5) is 11.6. The van der Waals surface area contributed by atoms with Gasteiger partial charge in [0.25, 0.3) is 0 Å². The van der Waals surface area contributed by atoms with E-state index in [-0.39, 0.29) is 12.0 Å². The minimum atomic E-state index is -4.60. The van der Waals surface area contributed by atoms with E-state index >= 15 is 0 Å². The molecule has 0 spiro atoms. The number of aryl methyl sites for hydroxylation is 2. The van der Waals surface area contributed by atoms with Crippen molar-refractivity contribution in [2.24, 2.45) is 0 Å². The number of carbonyl (C=O) groups is 1. The fourth-order valence-electron chi connectivity index (χ4n) is 2.35. The van der Waals surface area contributed by atoms with Gasteiger partial charge in [-0.15, -0.1) is 0 Å². The van der Waals surface area contributed by atoms with Crippen LogP contribution < -0.4 is 0 Å². The minimum absolute atomic E-state index is 0.0965. The van der Waals surface area contributed by atoms with Crippen molar-refractivity contribution in [3.8, 4) is 0 Å². The van der Waals surface area contributed by atoms with Crippen molar-refractivity contribution in [3.63, 3.8) is 0 Å². The summed E-state index contributed by atoms with van der Waals surface area (Å²) in [5.41, 5.74) is -0.309. The van der Waals surface area contributed by atoms with Gasteiger partial charge in [0.15, 0.2) is 0 Å². The van der Waals surface area contributed by atoms with Crippen LogP contribution in [-0.4, -0.2) is 13.1 Å². The molecule has 2 rings (SSSR count). The minimum Gasteiger partial charge on any atom is -0.465 e. The van der Waals surface area contributed by atoms with E-state index in [0.717, 1.165) is 18.7 Å². The predicted molar refractivity (Wildman–Crippen MR) is 76.6 cm³/mol. The Bertz CT molecular complexity index is 649. The van der Waals surface area contributed by atoms with Gasteiger partial charge < -0.3 is 4.74 Å². The van der Waals surface area contributed by atoms with Gasteiger partial charge in [-0.2, -0.15) is 13.2 Å². The average molecular weight is 308 g/mol. The Morgan fingerprint density at radius 2 is 1.68 bits per heavy atom. The predicted octanol–water partition coefficient (Wildman–Crippen LogP) is 4.28. The summed E-state index contributed by atoms with van der Waals surface area (Å²) in [6.07, 6.45) is -3.94. The Labute approximate surface area is 126 Å². The Morgan fingerprint density at radius 3 is 2.27 bits per heavy atom. The Hall–Kier alpha value is -2.30. The molecule has 0 heterocycles. The van der Waals surface area contributed by atoms with Gasteiger partial charge in [0.2, 0.25) is 0 Å². The van der Waals surface area contributed by atoms with Gasteiger partial charge in [0.05, 0.1) is 18.2 Å². The van der Waals surface area contributed by atoms with Crippen LogP contribution in [0.3, 0.4) is 0 Å². The second-order valence-corrected chi connectivity index (χ2v) is 4.81. The zero-order valence-electron chi connectivity index (χ0n) is 12.0. The zero-order chi connectivity index (χ0) is 16.2. The molecule has 0 amide bonds. The topological polar surface area (TPSA) is 26.3 Å². The van der Waals surface area contributed by atoms with Crippen molar-refractivity contribution in [1.29, 1.82) is 0 Å². The third-order valence-electron chi connectivity index (χ3n) is 3.37. The molecule has 0 aliphatic carbocycles. The molecule has 0 N–H and O–H groups in total. The molecule has 0 saturated carbocycles. The van der Waals surface area contributed by atoms with Crippen LogP contribution in [-0.2, 0) is 23.8 Å². The van der Waals surface area contributed by atoms with E-state index in [1.807, 2.05) is 30.3 Å². The van der Waals surface area contributed by atoms with Gasteiger partial charge in [0, 0.05) is 0 Å².